The zero-order valence-electron chi connectivity index (χ0n) is 16.0. The summed E-state index contributed by atoms with van der Waals surface area (Å²) in [6.07, 6.45) is 2.81. The van der Waals surface area contributed by atoms with Crippen molar-refractivity contribution in [3.63, 3.8) is 0 Å². The summed E-state index contributed by atoms with van der Waals surface area (Å²) in [5.41, 5.74) is 0. The van der Waals surface area contributed by atoms with Crippen molar-refractivity contribution < 1.29 is 9.84 Å². The number of aliphatic imine (C=N–C) groups is 1. The predicted octanol–water partition coefficient (Wildman–Crippen LogP) is 2.49. The van der Waals surface area contributed by atoms with Gasteiger partial charge in [-0.2, -0.15) is 0 Å². The molecule has 3 N–H and O–H groups in total. The molecule has 2 saturated heterocycles. The molecule has 0 aliphatic carbocycles. The minimum atomic E-state index is -0.617. The summed E-state index contributed by atoms with van der Waals surface area (Å²) in [7, 11) is 0. The van der Waals surface area contributed by atoms with Crippen LogP contribution in [-0.4, -0.2) is 67.9 Å². The molecule has 8 heteroatoms. The Hall–Kier alpha value is -0.860. The first-order valence-corrected chi connectivity index (χ1v) is 11.1. The van der Waals surface area contributed by atoms with E-state index in [2.05, 4.69) is 27.4 Å². The van der Waals surface area contributed by atoms with Crippen LogP contribution < -0.4 is 10.6 Å². The maximum Gasteiger partial charge on any atom is 0.191 e. The van der Waals surface area contributed by atoms with Gasteiger partial charge < -0.3 is 25.4 Å². The Bertz CT molecular complexity index is 598. The highest BCUT2D eigenvalue weighted by atomic mass is 35.5. The lowest BCUT2D eigenvalue weighted by Gasteiger charge is -2.34. The largest absolute Gasteiger partial charge is 0.386 e. The maximum atomic E-state index is 10.3. The first kappa shape index (κ1) is 20.9. The minimum absolute atomic E-state index is 0.326. The second-order valence-electron chi connectivity index (χ2n) is 7.33. The van der Waals surface area contributed by atoms with Gasteiger partial charge in [0.25, 0.3) is 0 Å². The summed E-state index contributed by atoms with van der Waals surface area (Å²) in [4.78, 5) is 7.99. The van der Waals surface area contributed by atoms with Crippen molar-refractivity contribution in [3.8, 4) is 0 Å². The first-order valence-electron chi connectivity index (χ1n) is 9.92. The van der Waals surface area contributed by atoms with E-state index in [9.17, 15) is 5.11 Å². The second kappa shape index (κ2) is 10.6. The first-order chi connectivity index (χ1) is 13.1. The van der Waals surface area contributed by atoms with Crippen molar-refractivity contribution in [2.45, 2.75) is 38.3 Å². The number of likely N-dealkylation sites (tertiary alicyclic amines) is 1. The van der Waals surface area contributed by atoms with E-state index < -0.39 is 6.10 Å². The number of ether oxygens (including phenoxy) is 1. The van der Waals surface area contributed by atoms with Gasteiger partial charge in [-0.1, -0.05) is 11.6 Å². The van der Waals surface area contributed by atoms with Gasteiger partial charge in [0.2, 0.25) is 0 Å². The van der Waals surface area contributed by atoms with Gasteiger partial charge in [-0.05, 0) is 44.2 Å². The van der Waals surface area contributed by atoms with Gasteiger partial charge >= 0.3 is 0 Å². The van der Waals surface area contributed by atoms with Gasteiger partial charge in [0.05, 0.1) is 17.5 Å². The lowest BCUT2D eigenvalue weighted by atomic mass is 10.0. The third kappa shape index (κ3) is 6.61. The molecule has 1 aromatic rings. The van der Waals surface area contributed by atoms with Crippen molar-refractivity contribution in [1.29, 1.82) is 0 Å². The highest BCUT2D eigenvalue weighted by Gasteiger charge is 2.24. The van der Waals surface area contributed by atoms with Crippen LogP contribution in [0.25, 0.3) is 0 Å². The molecule has 2 unspecified atom stereocenters. The Kier molecular flexibility index (Phi) is 8.21. The highest BCUT2D eigenvalue weighted by molar-refractivity contribution is 7.16. The standard InChI is InChI=1S/C19H31ClN4O2S/c1-2-21-19(22-11-16(25)17-3-4-18(20)27-17)23-15-5-8-24(9-6-15)12-14-7-10-26-13-14/h3-4,14-16,25H,2,5-13H2,1H3,(H2,21,22,23). The molecule has 2 fully saturated rings. The van der Waals surface area contributed by atoms with Crippen molar-refractivity contribution in [2.75, 3.05) is 45.9 Å². The zero-order valence-corrected chi connectivity index (χ0v) is 17.6. The van der Waals surface area contributed by atoms with Crippen LogP contribution in [0.1, 0.15) is 37.2 Å². The second-order valence-corrected chi connectivity index (χ2v) is 9.07. The van der Waals surface area contributed by atoms with E-state index in [1.165, 1.54) is 17.8 Å². The number of nitrogens with zero attached hydrogens (tertiary/aromatic N) is 2. The van der Waals surface area contributed by atoms with E-state index in [0.717, 1.165) is 63.1 Å². The molecule has 0 spiro atoms. The van der Waals surface area contributed by atoms with Crippen LogP contribution >= 0.6 is 22.9 Å². The van der Waals surface area contributed by atoms with Gasteiger partial charge in [0, 0.05) is 43.7 Å². The number of guanidine groups is 1. The lowest BCUT2D eigenvalue weighted by molar-refractivity contribution is 0.150. The van der Waals surface area contributed by atoms with E-state index in [0.29, 0.717) is 22.8 Å². The SMILES string of the molecule is CCNC(=NCC(O)c1ccc(Cl)s1)NC1CCN(CC2CCOC2)CC1. The Balaban J connectivity index is 1.44. The number of hydrogen-bond donors (Lipinski definition) is 3. The molecule has 1 aromatic heterocycles. The Morgan fingerprint density at radius 2 is 2.22 bits per heavy atom. The molecule has 0 bridgehead atoms. The van der Waals surface area contributed by atoms with Gasteiger partial charge in [0.15, 0.2) is 5.96 Å². The monoisotopic (exact) mass is 414 g/mol. The summed E-state index contributed by atoms with van der Waals surface area (Å²) in [5, 5.41) is 17.1. The van der Waals surface area contributed by atoms with Crippen LogP contribution in [0.3, 0.4) is 0 Å². The highest BCUT2D eigenvalue weighted by Crippen LogP contribution is 2.27. The molecule has 0 amide bonds. The fourth-order valence-electron chi connectivity index (χ4n) is 3.64. The van der Waals surface area contributed by atoms with Crippen LogP contribution in [0.5, 0.6) is 0 Å². The molecule has 2 atom stereocenters. The molecule has 3 heterocycles. The molecule has 152 valence electrons. The zero-order chi connectivity index (χ0) is 19.1. The summed E-state index contributed by atoms with van der Waals surface area (Å²) in [6.45, 7) is 8.42. The number of nitrogens with one attached hydrogen (secondary N) is 2. The van der Waals surface area contributed by atoms with Crippen LogP contribution in [-0.2, 0) is 4.74 Å². The van der Waals surface area contributed by atoms with E-state index in [1.54, 1.807) is 0 Å². The molecule has 27 heavy (non-hydrogen) atoms. The number of piperidine rings is 1. The van der Waals surface area contributed by atoms with Crippen molar-refractivity contribution in [1.82, 2.24) is 15.5 Å². The number of hydrogen-bond acceptors (Lipinski definition) is 5. The third-order valence-corrected chi connectivity index (χ3v) is 6.49. The van der Waals surface area contributed by atoms with Gasteiger partial charge in [-0.15, -0.1) is 11.3 Å². The Labute approximate surface area is 171 Å². The minimum Gasteiger partial charge on any atom is -0.386 e. The topological polar surface area (TPSA) is 69.1 Å². The molecule has 6 nitrogen and oxygen atoms in total. The molecule has 0 saturated carbocycles. The molecule has 0 radical (unpaired) electrons. The summed E-state index contributed by atoms with van der Waals surface area (Å²) >= 11 is 7.35. The van der Waals surface area contributed by atoms with Crippen LogP contribution in [0.2, 0.25) is 4.34 Å². The summed E-state index contributed by atoms with van der Waals surface area (Å²) in [5.74, 6) is 1.49. The predicted molar refractivity (Wildman–Crippen MR) is 112 cm³/mol. The smallest absolute Gasteiger partial charge is 0.191 e. The fraction of sp³-hybridized carbons (Fsp3) is 0.737. The van der Waals surface area contributed by atoms with Crippen molar-refractivity contribution in [3.05, 3.63) is 21.3 Å². The van der Waals surface area contributed by atoms with Crippen LogP contribution in [0, 0.1) is 5.92 Å². The molecule has 0 aromatic carbocycles. The number of aliphatic hydroxyl groups is 1. The van der Waals surface area contributed by atoms with Gasteiger partial charge in [0.1, 0.15) is 6.10 Å². The molecule has 3 rings (SSSR count). The van der Waals surface area contributed by atoms with E-state index in [4.69, 9.17) is 16.3 Å². The number of rotatable bonds is 7. The fourth-order valence-corrected chi connectivity index (χ4v) is 4.68. The average molecular weight is 415 g/mol. The van der Waals surface area contributed by atoms with Crippen molar-refractivity contribution in [2.24, 2.45) is 10.9 Å². The lowest BCUT2D eigenvalue weighted by Crippen LogP contribution is -2.49. The van der Waals surface area contributed by atoms with Gasteiger partial charge in [-0.25, -0.2) is 0 Å². The van der Waals surface area contributed by atoms with Crippen LogP contribution in [0.15, 0.2) is 17.1 Å². The normalized spacial score (nSPS) is 23.5. The van der Waals surface area contributed by atoms with Crippen LogP contribution in [0.4, 0.5) is 0 Å². The Morgan fingerprint density at radius 1 is 1.41 bits per heavy atom. The number of thiophene rings is 1. The summed E-state index contributed by atoms with van der Waals surface area (Å²) in [6, 6.07) is 4.09. The molecular formula is C19H31ClN4O2S. The molecule has 2 aliphatic heterocycles. The Morgan fingerprint density at radius 3 is 2.85 bits per heavy atom. The quantitative estimate of drug-likeness (QED) is 0.472. The number of aliphatic hydroxyl groups excluding tert-OH is 1. The van der Waals surface area contributed by atoms with E-state index in [-0.39, 0.29) is 0 Å². The number of halogens is 1. The van der Waals surface area contributed by atoms with E-state index >= 15 is 0 Å². The summed E-state index contributed by atoms with van der Waals surface area (Å²) < 4.78 is 6.18. The van der Waals surface area contributed by atoms with E-state index in [1.807, 2.05) is 12.1 Å². The molecular weight excluding hydrogens is 384 g/mol. The van der Waals surface area contributed by atoms with Crippen molar-refractivity contribution >= 4 is 28.9 Å². The molecule has 2 aliphatic rings. The third-order valence-electron chi connectivity index (χ3n) is 5.16. The van der Waals surface area contributed by atoms with Gasteiger partial charge in [-0.3, -0.25) is 4.99 Å². The average Bonchev–Trinajstić information content (AvgIpc) is 3.33. The maximum absolute atomic E-state index is 10.3.